The zero-order valence-electron chi connectivity index (χ0n) is 16.9. The smallest absolute Gasteiger partial charge is 0.223 e. The number of carbonyl (C=O) groups excluding carboxylic acids is 1. The van der Waals surface area contributed by atoms with Gasteiger partial charge in [-0.1, -0.05) is 19.3 Å². The molecule has 0 spiro atoms. The van der Waals surface area contributed by atoms with E-state index in [1.54, 1.807) is 0 Å². The first-order valence-corrected chi connectivity index (χ1v) is 10.7. The SMILES string of the molecule is CC1(C)CN(C2(CNC(=O)C3CCc4[nH]ncc4C3)CCCCC2)CCO1. The van der Waals surface area contributed by atoms with E-state index in [2.05, 4.69) is 34.3 Å². The number of fused-ring (bicyclic) bond motifs is 1. The van der Waals surface area contributed by atoms with Crippen molar-refractivity contribution in [2.75, 3.05) is 26.2 Å². The van der Waals surface area contributed by atoms with Crippen molar-refractivity contribution in [2.24, 2.45) is 5.92 Å². The molecule has 150 valence electrons. The standard InChI is InChI=1S/C21H34N4O2/c1-20(2)15-25(10-11-27-20)21(8-4-3-5-9-21)14-22-19(26)16-6-7-18-17(12-16)13-23-24-18/h13,16H,3-12,14-15H2,1-2H3,(H,22,26)(H,23,24). The van der Waals surface area contributed by atoms with Crippen LogP contribution in [-0.2, 0) is 22.4 Å². The minimum absolute atomic E-state index is 0.0804. The zero-order chi connectivity index (χ0) is 18.9. The Morgan fingerprint density at radius 3 is 2.96 bits per heavy atom. The highest BCUT2D eigenvalue weighted by Crippen LogP contribution is 2.36. The third kappa shape index (κ3) is 4.06. The quantitative estimate of drug-likeness (QED) is 0.849. The summed E-state index contributed by atoms with van der Waals surface area (Å²) in [5, 5.41) is 10.5. The van der Waals surface area contributed by atoms with Gasteiger partial charge in [0.05, 0.1) is 18.4 Å². The highest BCUT2D eigenvalue weighted by Gasteiger charge is 2.42. The van der Waals surface area contributed by atoms with E-state index >= 15 is 0 Å². The van der Waals surface area contributed by atoms with Crippen LogP contribution in [0.4, 0.5) is 0 Å². The van der Waals surface area contributed by atoms with Crippen molar-refractivity contribution in [3.05, 3.63) is 17.5 Å². The summed E-state index contributed by atoms with van der Waals surface area (Å²) in [6.45, 7) is 7.84. The van der Waals surface area contributed by atoms with Gasteiger partial charge >= 0.3 is 0 Å². The van der Waals surface area contributed by atoms with E-state index in [-0.39, 0.29) is 23.0 Å². The molecule has 6 nitrogen and oxygen atoms in total. The molecule has 1 saturated carbocycles. The number of hydrogen-bond acceptors (Lipinski definition) is 4. The predicted octanol–water partition coefficient (Wildman–Crippen LogP) is 2.44. The van der Waals surface area contributed by atoms with Crippen molar-refractivity contribution in [1.82, 2.24) is 20.4 Å². The second-order valence-electron chi connectivity index (χ2n) is 9.35. The summed E-state index contributed by atoms with van der Waals surface area (Å²) in [6.07, 6.45) is 10.7. The number of rotatable bonds is 4. The molecular weight excluding hydrogens is 340 g/mol. The Bertz CT molecular complexity index is 663. The van der Waals surface area contributed by atoms with Crippen LogP contribution in [0.2, 0.25) is 0 Å². The largest absolute Gasteiger partial charge is 0.373 e. The molecule has 2 N–H and O–H groups in total. The minimum atomic E-state index is -0.103. The third-order valence-electron chi connectivity index (χ3n) is 6.86. The highest BCUT2D eigenvalue weighted by molar-refractivity contribution is 5.79. The summed E-state index contributed by atoms with van der Waals surface area (Å²) in [4.78, 5) is 15.6. The highest BCUT2D eigenvalue weighted by atomic mass is 16.5. The molecule has 3 aliphatic rings. The molecule has 1 unspecified atom stereocenters. The van der Waals surface area contributed by atoms with Crippen LogP contribution >= 0.6 is 0 Å². The number of amides is 1. The Kier molecular flexibility index (Phi) is 5.30. The van der Waals surface area contributed by atoms with Gasteiger partial charge in [0.15, 0.2) is 0 Å². The molecule has 2 heterocycles. The lowest BCUT2D eigenvalue weighted by molar-refractivity contribution is -0.131. The van der Waals surface area contributed by atoms with E-state index in [1.807, 2.05) is 6.20 Å². The molecule has 1 aliphatic heterocycles. The van der Waals surface area contributed by atoms with Gasteiger partial charge in [-0.15, -0.1) is 0 Å². The van der Waals surface area contributed by atoms with Crippen molar-refractivity contribution >= 4 is 5.91 Å². The third-order valence-corrected chi connectivity index (χ3v) is 6.86. The Hall–Kier alpha value is -1.40. The van der Waals surface area contributed by atoms with Crippen molar-refractivity contribution < 1.29 is 9.53 Å². The fourth-order valence-electron chi connectivity index (χ4n) is 5.27. The normalized spacial score (nSPS) is 27.7. The zero-order valence-corrected chi connectivity index (χ0v) is 16.9. The molecule has 1 amide bonds. The van der Waals surface area contributed by atoms with Crippen LogP contribution in [0.3, 0.4) is 0 Å². The van der Waals surface area contributed by atoms with Gasteiger partial charge in [-0.3, -0.25) is 14.8 Å². The van der Waals surface area contributed by atoms with Crippen LogP contribution in [0.1, 0.15) is 63.6 Å². The topological polar surface area (TPSA) is 70.2 Å². The predicted molar refractivity (Wildman–Crippen MR) is 105 cm³/mol. The van der Waals surface area contributed by atoms with Gasteiger partial charge < -0.3 is 10.1 Å². The lowest BCUT2D eigenvalue weighted by atomic mass is 9.78. The van der Waals surface area contributed by atoms with Crippen LogP contribution < -0.4 is 5.32 Å². The van der Waals surface area contributed by atoms with E-state index in [1.165, 1.54) is 43.4 Å². The number of aromatic nitrogens is 2. The summed E-state index contributed by atoms with van der Waals surface area (Å²) < 4.78 is 5.94. The molecule has 1 aromatic rings. The Morgan fingerprint density at radius 2 is 2.19 bits per heavy atom. The molecule has 1 saturated heterocycles. The molecule has 1 aromatic heterocycles. The number of aryl methyl sites for hydroxylation is 1. The van der Waals surface area contributed by atoms with Crippen molar-refractivity contribution in [3.8, 4) is 0 Å². The van der Waals surface area contributed by atoms with Crippen LogP contribution in [0.5, 0.6) is 0 Å². The Labute approximate surface area is 162 Å². The van der Waals surface area contributed by atoms with Gasteiger partial charge in [0.25, 0.3) is 0 Å². The van der Waals surface area contributed by atoms with E-state index in [0.29, 0.717) is 0 Å². The van der Waals surface area contributed by atoms with Crippen LogP contribution in [-0.4, -0.2) is 58.4 Å². The summed E-state index contributed by atoms with van der Waals surface area (Å²) in [7, 11) is 0. The van der Waals surface area contributed by atoms with Crippen LogP contribution in [0.15, 0.2) is 6.20 Å². The number of aromatic amines is 1. The lowest BCUT2D eigenvalue weighted by Crippen LogP contribution is -2.63. The van der Waals surface area contributed by atoms with Crippen molar-refractivity contribution in [1.29, 1.82) is 0 Å². The summed E-state index contributed by atoms with van der Waals surface area (Å²) in [5.74, 6) is 0.302. The van der Waals surface area contributed by atoms with Gasteiger partial charge in [0, 0.05) is 36.8 Å². The molecule has 0 radical (unpaired) electrons. The fraction of sp³-hybridized carbons (Fsp3) is 0.810. The van der Waals surface area contributed by atoms with Crippen molar-refractivity contribution in [3.63, 3.8) is 0 Å². The number of ether oxygens (including phenoxy) is 1. The second-order valence-corrected chi connectivity index (χ2v) is 9.35. The molecule has 0 aromatic carbocycles. The average Bonchev–Trinajstić information content (AvgIpc) is 3.14. The van der Waals surface area contributed by atoms with Crippen LogP contribution in [0.25, 0.3) is 0 Å². The summed E-state index contributed by atoms with van der Waals surface area (Å²) >= 11 is 0. The minimum Gasteiger partial charge on any atom is -0.373 e. The van der Waals surface area contributed by atoms with E-state index in [4.69, 9.17) is 4.74 Å². The van der Waals surface area contributed by atoms with Gasteiger partial charge in [-0.25, -0.2) is 0 Å². The molecule has 6 heteroatoms. The number of H-pyrrole nitrogens is 1. The lowest BCUT2D eigenvalue weighted by Gasteiger charge is -2.51. The molecule has 2 fully saturated rings. The number of morpholine rings is 1. The maximum absolute atomic E-state index is 12.9. The summed E-state index contributed by atoms with van der Waals surface area (Å²) in [6, 6.07) is 0. The number of carbonyl (C=O) groups is 1. The second kappa shape index (κ2) is 7.55. The van der Waals surface area contributed by atoms with Gasteiger partial charge in [0.1, 0.15) is 0 Å². The van der Waals surface area contributed by atoms with E-state index in [0.717, 1.165) is 45.5 Å². The van der Waals surface area contributed by atoms with Gasteiger partial charge in [-0.2, -0.15) is 5.10 Å². The Morgan fingerprint density at radius 1 is 1.37 bits per heavy atom. The number of nitrogens with one attached hydrogen (secondary N) is 2. The van der Waals surface area contributed by atoms with Crippen LogP contribution in [0, 0.1) is 5.92 Å². The molecule has 2 aliphatic carbocycles. The molecule has 0 bridgehead atoms. The molecular formula is C21H34N4O2. The first kappa shape index (κ1) is 18.9. The first-order chi connectivity index (χ1) is 13.0. The Balaban J connectivity index is 1.41. The van der Waals surface area contributed by atoms with E-state index in [9.17, 15) is 4.79 Å². The van der Waals surface area contributed by atoms with Gasteiger partial charge in [-0.05, 0) is 51.5 Å². The average molecular weight is 375 g/mol. The number of hydrogen-bond donors (Lipinski definition) is 2. The molecule has 4 rings (SSSR count). The monoisotopic (exact) mass is 374 g/mol. The maximum Gasteiger partial charge on any atom is 0.223 e. The summed E-state index contributed by atoms with van der Waals surface area (Å²) in [5.41, 5.74) is 2.42. The maximum atomic E-state index is 12.9. The fourth-order valence-corrected chi connectivity index (χ4v) is 5.27. The number of nitrogens with zero attached hydrogens (tertiary/aromatic N) is 2. The van der Waals surface area contributed by atoms with Gasteiger partial charge in [0.2, 0.25) is 5.91 Å². The molecule has 1 atom stereocenters. The van der Waals surface area contributed by atoms with E-state index < -0.39 is 0 Å². The molecule has 27 heavy (non-hydrogen) atoms. The first-order valence-electron chi connectivity index (χ1n) is 10.7. The van der Waals surface area contributed by atoms with Crippen molar-refractivity contribution in [2.45, 2.75) is 76.4 Å².